The molecule has 0 aromatic carbocycles. The van der Waals surface area contributed by atoms with E-state index in [4.69, 9.17) is 4.74 Å². The first-order valence-corrected chi connectivity index (χ1v) is 8.17. The first kappa shape index (κ1) is 16.6. The molecule has 1 amide bonds. The third kappa shape index (κ3) is 5.15. The Morgan fingerprint density at radius 3 is 2.48 bits per heavy atom. The quantitative estimate of drug-likeness (QED) is 0.727. The van der Waals surface area contributed by atoms with Gasteiger partial charge in [0.15, 0.2) is 0 Å². The third-order valence-electron chi connectivity index (χ3n) is 4.48. The maximum absolute atomic E-state index is 11.7. The van der Waals surface area contributed by atoms with E-state index in [1.165, 1.54) is 19.3 Å². The van der Waals surface area contributed by atoms with Gasteiger partial charge in [-0.15, -0.1) is 0 Å². The number of nitrogens with one attached hydrogen (secondary N) is 2. The molecule has 0 aromatic heterocycles. The van der Waals surface area contributed by atoms with Gasteiger partial charge in [-0.05, 0) is 40.0 Å². The second-order valence-electron chi connectivity index (χ2n) is 7.69. The van der Waals surface area contributed by atoms with E-state index in [9.17, 15) is 9.90 Å². The van der Waals surface area contributed by atoms with Crippen LogP contribution in [0.2, 0.25) is 0 Å². The molecule has 2 atom stereocenters. The van der Waals surface area contributed by atoms with E-state index in [2.05, 4.69) is 10.6 Å². The Morgan fingerprint density at radius 1 is 1.24 bits per heavy atom. The molecule has 2 aliphatic rings. The summed E-state index contributed by atoms with van der Waals surface area (Å²) in [7, 11) is 0. The fraction of sp³-hybridized carbons (Fsp3) is 0.938. The Morgan fingerprint density at radius 2 is 1.90 bits per heavy atom. The van der Waals surface area contributed by atoms with Crippen LogP contribution in [-0.2, 0) is 4.74 Å². The lowest BCUT2D eigenvalue weighted by atomic mass is 9.74. The van der Waals surface area contributed by atoms with Crippen LogP contribution in [0.15, 0.2) is 0 Å². The summed E-state index contributed by atoms with van der Waals surface area (Å²) in [6.45, 7) is 6.70. The average molecular weight is 298 g/mol. The van der Waals surface area contributed by atoms with Gasteiger partial charge in [-0.1, -0.05) is 19.3 Å². The Kier molecular flexibility index (Phi) is 5.15. The van der Waals surface area contributed by atoms with E-state index in [1.54, 1.807) is 0 Å². The molecule has 0 aliphatic heterocycles. The molecule has 122 valence electrons. The van der Waals surface area contributed by atoms with Gasteiger partial charge in [0.25, 0.3) is 0 Å². The minimum Gasteiger partial charge on any atom is -0.444 e. The molecule has 2 unspecified atom stereocenters. The number of carbonyl (C=O) groups is 1. The predicted octanol–water partition coefficient (Wildman–Crippen LogP) is 2.18. The summed E-state index contributed by atoms with van der Waals surface area (Å²) in [6, 6.07) is 0.488. The number of aliphatic hydroxyl groups excluding tert-OH is 1. The number of ether oxygens (including phenoxy) is 1. The monoisotopic (exact) mass is 298 g/mol. The standard InChI is InChI=1S/C16H30N2O3/c1-15(2,3)21-14(20)18-13-9-12(13)17-10-16(11-19)7-5-4-6-8-16/h12-13,17,19H,4-11H2,1-3H3,(H,18,20). The lowest BCUT2D eigenvalue weighted by Crippen LogP contribution is -2.42. The molecule has 21 heavy (non-hydrogen) atoms. The Bertz CT molecular complexity index is 359. The summed E-state index contributed by atoms with van der Waals surface area (Å²) in [6.07, 6.45) is 6.53. The normalized spacial score (nSPS) is 28.0. The van der Waals surface area contributed by atoms with Crippen molar-refractivity contribution in [2.24, 2.45) is 5.41 Å². The summed E-state index contributed by atoms with van der Waals surface area (Å²) >= 11 is 0. The Hall–Kier alpha value is -0.810. The molecule has 2 saturated carbocycles. The molecular formula is C16H30N2O3. The maximum Gasteiger partial charge on any atom is 0.407 e. The largest absolute Gasteiger partial charge is 0.444 e. The van der Waals surface area contributed by atoms with Crippen molar-refractivity contribution in [1.29, 1.82) is 0 Å². The molecule has 2 fully saturated rings. The van der Waals surface area contributed by atoms with Crippen molar-refractivity contribution in [3.05, 3.63) is 0 Å². The molecule has 0 aromatic rings. The van der Waals surface area contributed by atoms with Crippen LogP contribution in [-0.4, -0.2) is 42.0 Å². The topological polar surface area (TPSA) is 70.6 Å². The van der Waals surface area contributed by atoms with Crippen molar-refractivity contribution in [3.8, 4) is 0 Å². The van der Waals surface area contributed by atoms with Crippen molar-refractivity contribution < 1.29 is 14.6 Å². The van der Waals surface area contributed by atoms with Crippen LogP contribution < -0.4 is 10.6 Å². The van der Waals surface area contributed by atoms with E-state index in [0.717, 1.165) is 25.8 Å². The molecule has 0 spiro atoms. The molecule has 0 bridgehead atoms. The highest BCUT2D eigenvalue weighted by Gasteiger charge is 2.41. The van der Waals surface area contributed by atoms with Crippen molar-refractivity contribution in [2.45, 2.75) is 77.0 Å². The van der Waals surface area contributed by atoms with Crippen LogP contribution in [0.25, 0.3) is 0 Å². The zero-order valence-corrected chi connectivity index (χ0v) is 13.6. The zero-order valence-electron chi connectivity index (χ0n) is 13.6. The first-order valence-electron chi connectivity index (χ1n) is 8.17. The van der Waals surface area contributed by atoms with E-state index < -0.39 is 5.60 Å². The van der Waals surface area contributed by atoms with E-state index in [1.807, 2.05) is 20.8 Å². The predicted molar refractivity (Wildman–Crippen MR) is 82.2 cm³/mol. The number of hydrogen-bond donors (Lipinski definition) is 3. The van der Waals surface area contributed by atoms with Crippen molar-refractivity contribution in [1.82, 2.24) is 10.6 Å². The summed E-state index contributed by atoms with van der Waals surface area (Å²) in [4.78, 5) is 11.7. The van der Waals surface area contributed by atoms with Crippen molar-refractivity contribution in [3.63, 3.8) is 0 Å². The molecular weight excluding hydrogens is 268 g/mol. The highest BCUT2D eigenvalue weighted by Crippen LogP contribution is 2.36. The lowest BCUT2D eigenvalue weighted by Gasteiger charge is -2.36. The summed E-state index contributed by atoms with van der Waals surface area (Å²) < 4.78 is 5.25. The molecule has 3 N–H and O–H groups in total. The fourth-order valence-corrected chi connectivity index (χ4v) is 3.08. The maximum atomic E-state index is 11.7. The molecule has 0 heterocycles. The lowest BCUT2D eigenvalue weighted by molar-refractivity contribution is 0.0520. The highest BCUT2D eigenvalue weighted by atomic mass is 16.6. The van der Waals surface area contributed by atoms with Crippen molar-refractivity contribution >= 4 is 6.09 Å². The van der Waals surface area contributed by atoms with Crippen LogP contribution >= 0.6 is 0 Å². The van der Waals surface area contributed by atoms with Crippen molar-refractivity contribution in [2.75, 3.05) is 13.2 Å². The zero-order chi connectivity index (χ0) is 15.5. The van der Waals surface area contributed by atoms with Gasteiger partial charge in [-0.3, -0.25) is 0 Å². The van der Waals surface area contributed by atoms with Gasteiger partial charge in [0.05, 0.1) is 0 Å². The van der Waals surface area contributed by atoms with Crippen LogP contribution in [0.4, 0.5) is 4.79 Å². The van der Waals surface area contributed by atoms with E-state index in [0.29, 0.717) is 6.04 Å². The van der Waals surface area contributed by atoms with Crippen LogP contribution in [0.3, 0.4) is 0 Å². The Labute approximate surface area is 127 Å². The molecule has 5 heteroatoms. The number of alkyl carbamates (subject to hydrolysis) is 1. The molecule has 2 aliphatic carbocycles. The summed E-state index contributed by atoms with van der Waals surface area (Å²) in [5.74, 6) is 0. The van der Waals surface area contributed by atoms with Crippen LogP contribution in [0.1, 0.15) is 59.3 Å². The SMILES string of the molecule is CC(C)(C)OC(=O)NC1CC1NCC1(CO)CCCCC1. The van der Waals surface area contributed by atoms with Crippen LogP contribution in [0, 0.1) is 5.41 Å². The molecule has 0 radical (unpaired) electrons. The average Bonchev–Trinajstić information content (AvgIpc) is 3.13. The van der Waals surface area contributed by atoms with Gasteiger partial charge < -0.3 is 20.5 Å². The smallest absolute Gasteiger partial charge is 0.407 e. The second-order valence-corrected chi connectivity index (χ2v) is 7.69. The minimum atomic E-state index is -0.453. The first-order chi connectivity index (χ1) is 9.84. The van der Waals surface area contributed by atoms with Gasteiger partial charge in [-0.2, -0.15) is 0 Å². The van der Waals surface area contributed by atoms with Gasteiger partial charge >= 0.3 is 6.09 Å². The number of aliphatic hydroxyl groups is 1. The number of carbonyl (C=O) groups excluding carboxylic acids is 1. The van der Waals surface area contributed by atoms with Gasteiger partial charge in [0.2, 0.25) is 0 Å². The van der Waals surface area contributed by atoms with Crippen LogP contribution in [0.5, 0.6) is 0 Å². The van der Waals surface area contributed by atoms with E-state index >= 15 is 0 Å². The number of hydrogen-bond acceptors (Lipinski definition) is 4. The van der Waals surface area contributed by atoms with Gasteiger partial charge in [0.1, 0.15) is 5.60 Å². The third-order valence-corrected chi connectivity index (χ3v) is 4.48. The summed E-state index contributed by atoms with van der Waals surface area (Å²) in [5, 5.41) is 16.1. The number of amides is 1. The highest BCUT2D eigenvalue weighted by molar-refractivity contribution is 5.68. The van der Waals surface area contributed by atoms with E-state index in [-0.39, 0.29) is 24.2 Å². The number of rotatable bonds is 5. The summed E-state index contributed by atoms with van der Waals surface area (Å²) in [5.41, 5.74) is -0.401. The molecule has 2 rings (SSSR count). The minimum absolute atomic E-state index is 0.0529. The molecule has 0 saturated heterocycles. The Balaban J connectivity index is 1.68. The fourth-order valence-electron chi connectivity index (χ4n) is 3.08. The second kappa shape index (κ2) is 6.53. The van der Waals surface area contributed by atoms with Gasteiger partial charge in [0, 0.05) is 30.7 Å². The molecule has 5 nitrogen and oxygen atoms in total. The van der Waals surface area contributed by atoms with Gasteiger partial charge in [-0.25, -0.2) is 4.79 Å².